The Kier molecular flexibility index (Phi) is 6.72. The first-order valence-corrected chi connectivity index (χ1v) is 11.9. The zero-order valence-corrected chi connectivity index (χ0v) is 20.5. The maximum atomic E-state index is 13.3. The summed E-state index contributed by atoms with van der Waals surface area (Å²) in [5, 5.41) is 0.890. The van der Waals surface area contributed by atoms with Crippen molar-refractivity contribution < 1.29 is 9.53 Å². The van der Waals surface area contributed by atoms with Crippen molar-refractivity contribution in [3.8, 4) is 11.6 Å². The number of anilines is 2. The lowest BCUT2D eigenvalue weighted by atomic mass is 9.91. The third-order valence-electron chi connectivity index (χ3n) is 5.57. The normalized spacial score (nSPS) is 10.8. The van der Waals surface area contributed by atoms with Crippen molar-refractivity contribution in [2.24, 2.45) is 0 Å². The summed E-state index contributed by atoms with van der Waals surface area (Å²) < 4.78 is 6.89. The van der Waals surface area contributed by atoms with Gasteiger partial charge in [-0.3, -0.25) is 20.6 Å². The smallest absolute Gasteiger partial charge is 0.250 e. The summed E-state index contributed by atoms with van der Waals surface area (Å²) in [5.41, 5.74) is 14.4. The van der Waals surface area contributed by atoms with Gasteiger partial charge in [0.25, 0.3) is 0 Å². The Bertz CT molecular complexity index is 1480. The molecule has 5 aromatic rings. The molecule has 2 aromatic heterocycles. The predicted molar refractivity (Wildman–Crippen MR) is 142 cm³/mol. The molecule has 0 radical (unpaired) electrons. The Morgan fingerprint density at radius 3 is 2.25 bits per heavy atom. The molecule has 1 amide bonds. The molecule has 4 N–H and O–H groups in total. The van der Waals surface area contributed by atoms with Crippen molar-refractivity contribution in [1.29, 1.82) is 0 Å². The van der Waals surface area contributed by atoms with E-state index < -0.39 is 5.92 Å². The van der Waals surface area contributed by atoms with E-state index in [1.807, 2.05) is 78.9 Å². The van der Waals surface area contributed by atoms with Crippen LogP contribution in [0.15, 0.2) is 102 Å². The molecule has 36 heavy (non-hydrogen) atoms. The van der Waals surface area contributed by atoms with Gasteiger partial charge in [0.05, 0.1) is 5.92 Å². The lowest BCUT2D eigenvalue weighted by Gasteiger charge is -2.19. The molecule has 0 saturated heterocycles. The molecule has 0 bridgehead atoms. The second-order valence-corrected chi connectivity index (χ2v) is 8.71. The second kappa shape index (κ2) is 10.4. The van der Waals surface area contributed by atoms with Crippen LogP contribution < -0.4 is 21.3 Å². The summed E-state index contributed by atoms with van der Waals surface area (Å²) in [6.45, 7) is 0. The molecule has 5 rings (SSSR count). The van der Waals surface area contributed by atoms with Crippen LogP contribution in [0.2, 0.25) is 0 Å². The summed E-state index contributed by atoms with van der Waals surface area (Å²) in [6.07, 6.45) is 2.99. The predicted octanol–water partition coefficient (Wildman–Crippen LogP) is 5.44. The number of halogens is 1. The topological polar surface area (TPSA) is 115 Å². The number of benzene rings is 3. The van der Waals surface area contributed by atoms with Gasteiger partial charge in [-0.1, -0.05) is 82.7 Å². The number of carbonyl (C=O) groups is 1. The van der Waals surface area contributed by atoms with Crippen LogP contribution in [-0.4, -0.2) is 20.9 Å². The number of ether oxygens (including phenoxy) is 1. The summed E-state index contributed by atoms with van der Waals surface area (Å²) in [5.74, 6) is 0.0403. The molecule has 8 nitrogen and oxygen atoms in total. The van der Waals surface area contributed by atoms with E-state index in [0.29, 0.717) is 11.3 Å². The SMILES string of the molecule is Nc1c(NNC(=O)C(c2ccccc2)c2ccccc2)ncnc1Oc1ccc(Br)c2cccnc12. The number of nitrogens with zero attached hydrogens (tertiary/aromatic N) is 3. The van der Waals surface area contributed by atoms with Crippen LogP contribution in [0.4, 0.5) is 11.5 Å². The molecule has 0 spiro atoms. The zero-order valence-electron chi connectivity index (χ0n) is 18.9. The Labute approximate surface area is 215 Å². The van der Waals surface area contributed by atoms with Crippen molar-refractivity contribution in [2.75, 3.05) is 11.2 Å². The average Bonchev–Trinajstić information content (AvgIpc) is 2.92. The lowest BCUT2D eigenvalue weighted by Crippen LogP contribution is -2.35. The van der Waals surface area contributed by atoms with E-state index in [9.17, 15) is 4.79 Å². The average molecular weight is 541 g/mol. The number of amides is 1. The quantitative estimate of drug-likeness (QED) is 0.235. The number of hydrazine groups is 1. The van der Waals surface area contributed by atoms with E-state index in [2.05, 4.69) is 41.7 Å². The van der Waals surface area contributed by atoms with Crippen LogP contribution in [-0.2, 0) is 4.79 Å². The Balaban J connectivity index is 1.38. The third kappa shape index (κ3) is 4.82. The molecule has 0 atom stereocenters. The standard InChI is InChI=1S/C27H21BrN6O2/c28-20-13-14-21(24-19(20)12-7-15-30-24)36-27-23(29)25(31-16-32-27)33-34-26(35)22(17-8-3-1-4-9-17)18-10-5-2-6-11-18/h1-16,22H,29H2,(H,34,35)(H,31,32,33). The van der Waals surface area contributed by atoms with Crippen LogP contribution in [0.1, 0.15) is 17.0 Å². The molecule has 178 valence electrons. The van der Waals surface area contributed by atoms with Gasteiger partial charge in [0.2, 0.25) is 11.8 Å². The molecule has 2 heterocycles. The van der Waals surface area contributed by atoms with Gasteiger partial charge in [-0.15, -0.1) is 0 Å². The minimum absolute atomic E-state index is 0.138. The molecule has 0 fully saturated rings. The van der Waals surface area contributed by atoms with Crippen LogP contribution >= 0.6 is 15.9 Å². The van der Waals surface area contributed by atoms with Gasteiger partial charge in [0, 0.05) is 16.1 Å². The zero-order chi connectivity index (χ0) is 24.9. The molecule has 9 heteroatoms. The van der Waals surface area contributed by atoms with Gasteiger partial charge in [-0.25, -0.2) is 4.98 Å². The van der Waals surface area contributed by atoms with Crippen molar-refractivity contribution in [2.45, 2.75) is 5.92 Å². The molecule has 0 aliphatic carbocycles. The van der Waals surface area contributed by atoms with E-state index in [0.717, 1.165) is 21.0 Å². The van der Waals surface area contributed by atoms with Crippen LogP contribution in [0, 0.1) is 0 Å². The monoisotopic (exact) mass is 540 g/mol. The minimum atomic E-state index is -0.529. The fourth-order valence-electron chi connectivity index (χ4n) is 3.84. The number of aromatic nitrogens is 3. The first-order valence-electron chi connectivity index (χ1n) is 11.1. The maximum Gasteiger partial charge on any atom is 0.250 e. The Hall–Kier alpha value is -4.50. The fourth-order valence-corrected chi connectivity index (χ4v) is 4.29. The number of hydrogen-bond donors (Lipinski definition) is 3. The molecule has 0 aliphatic heterocycles. The van der Waals surface area contributed by atoms with Crippen LogP contribution in [0.5, 0.6) is 11.6 Å². The largest absolute Gasteiger partial charge is 0.435 e. The first kappa shape index (κ1) is 23.3. The summed E-state index contributed by atoms with van der Waals surface area (Å²) in [7, 11) is 0. The van der Waals surface area contributed by atoms with Gasteiger partial charge >= 0.3 is 0 Å². The van der Waals surface area contributed by atoms with Crippen molar-refractivity contribution >= 4 is 44.2 Å². The summed E-state index contributed by atoms with van der Waals surface area (Å²) in [4.78, 5) is 26.0. The molecular weight excluding hydrogens is 520 g/mol. The summed E-state index contributed by atoms with van der Waals surface area (Å²) >= 11 is 3.53. The van der Waals surface area contributed by atoms with Gasteiger partial charge in [-0.05, 0) is 29.3 Å². The van der Waals surface area contributed by atoms with Gasteiger partial charge in [0.15, 0.2) is 11.6 Å². The van der Waals surface area contributed by atoms with E-state index in [4.69, 9.17) is 10.5 Å². The van der Waals surface area contributed by atoms with E-state index in [1.54, 1.807) is 12.3 Å². The second-order valence-electron chi connectivity index (χ2n) is 7.86. The van der Waals surface area contributed by atoms with Crippen LogP contribution in [0.3, 0.4) is 0 Å². The van der Waals surface area contributed by atoms with E-state index in [1.165, 1.54) is 6.33 Å². The molecule has 3 aromatic carbocycles. The van der Waals surface area contributed by atoms with Gasteiger partial charge in [-0.2, -0.15) is 4.98 Å². The highest BCUT2D eigenvalue weighted by Gasteiger charge is 2.23. The third-order valence-corrected chi connectivity index (χ3v) is 6.26. The first-order chi connectivity index (χ1) is 17.6. The van der Waals surface area contributed by atoms with Gasteiger partial charge in [0.1, 0.15) is 17.5 Å². The number of hydrogen-bond acceptors (Lipinski definition) is 7. The number of nitrogens with two attached hydrogens (primary N) is 1. The van der Waals surface area contributed by atoms with Gasteiger partial charge < -0.3 is 10.5 Å². The molecular formula is C27H21BrN6O2. The van der Waals surface area contributed by atoms with E-state index in [-0.39, 0.29) is 23.3 Å². The highest BCUT2D eigenvalue weighted by molar-refractivity contribution is 9.10. The van der Waals surface area contributed by atoms with Crippen molar-refractivity contribution in [1.82, 2.24) is 20.4 Å². The number of fused-ring (bicyclic) bond motifs is 1. The molecule has 0 saturated carbocycles. The highest BCUT2D eigenvalue weighted by atomic mass is 79.9. The fraction of sp³-hybridized carbons (Fsp3) is 0.0370. The Morgan fingerprint density at radius 1 is 0.861 bits per heavy atom. The van der Waals surface area contributed by atoms with Crippen LogP contribution in [0.25, 0.3) is 10.9 Å². The minimum Gasteiger partial charge on any atom is -0.435 e. The number of rotatable bonds is 7. The molecule has 0 unspecified atom stereocenters. The number of nitrogen functional groups attached to an aromatic ring is 1. The van der Waals surface area contributed by atoms with Crippen molar-refractivity contribution in [3.63, 3.8) is 0 Å². The summed E-state index contributed by atoms with van der Waals surface area (Å²) in [6, 6.07) is 26.5. The molecule has 0 aliphatic rings. The Morgan fingerprint density at radius 2 is 1.56 bits per heavy atom. The highest BCUT2D eigenvalue weighted by Crippen LogP contribution is 2.35. The number of nitrogens with one attached hydrogen (secondary N) is 2. The number of pyridine rings is 1. The number of carbonyl (C=O) groups excluding carboxylic acids is 1. The maximum absolute atomic E-state index is 13.3. The van der Waals surface area contributed by atoms with Crippen molar-refractivity contribution in [3.05, 3.63) is 113 Å². The lowest BCUT2D eigenvalue weighted by molar-refractivity contribution is -0.121. The van der Waals surface area contributed by atoms with E-state index >= 15 is 0 Å².